The molecule has 0 atom stereocenters. The average Bonchev–Trinajstić information content (AvgIpc) is 3.02. The summed E-state index contributed by atoms with van der Waals surface area (Å²) in [6, 6.07) is 0.122. The van der Waals surface area contributed by atoms with E-state index >= 15 is 0 Å². The summed E-state index contributed by atoms with van der Waals surface area (Å²) in [5.41, 5.74) is 0. The van der Waals surface area contributed by atoms with E-state index in [4.69, 9.17) is 0 Å². The smallest absolute Gasteiger partial charge is 0.358 e. The molecule has 3 rings (SSSR count). The van der Waals surface area contributed by atoms with Gasteiger partial charge in [0.1, 0.15) is 6.20 Å². The minimum atomic E-state index is -0.374. The van der Waals surface area contributed by atoms with Crippen LogP contribution in [0.2, 0.25) is 0 Å². The summed E-state index contributed by atoms with van der Waals surface area (Å²) in [7, 11) is 0. The fourth-order valence-corrected chi connectivity index (χ4v) is 3.76. The molecule has 1 amide bonds. The molecule has 0 saturated carbocycles. The maximum atomic E-state index is 11.9. The van der Waals surface area contributed by atoms with Crippen molar-refractivity contribution >= 4 is 33.8 Å². The minimum Gasteiger partial charge on any atom is -0.358 e. The largest absolute Gasteiger partial charge is 0.373 e. The molecule has 0 radical (unpaired) electrons. The predicted octanol–water partition coefficient (Wildman–Crippen LogP) is 1.34. The molecular weight excluding hydrogens is 344 g/mol. The monoisotopic (exact) mass is 366 g/mol. The van der Waals surface area contributed by atoms with Crippen LogP contribution in [-0.4, -0.2) is 63.9 Å². The molecule has 25 heavy (non-hydrogen) atoms. The van der Waals surface area contributed by atoms with Crippen molar-refractivity contribution in [3.05, 3.63) is 21.7 Å². The molecule has 2 aromatic heterocycles. The van der Waals surface area contributed by atoms with E-state index in [1.807, 2.05) is 18.7 Å². The second-order valence-electron chi connectivity index (χ2n) is 6.41. The molecule has 2 aromatic rings. The summed E-state index contributed by atoms with van der Waals surface area (Å²) in [5.74, 6) is 0.449. The number of fused-ring (bicyclic) bond motifs is 1. The van der Waals surface area contributed by atoms with Crippen LogP contribution in [0, 0.1) is 10.1 Å². The van der Waals surface area contributed by atoms with E-state index in [0.717, 1.165) is 13.0 Å². The molecule has 0 unspecified atom stereocenters. The molecule has 0 bridgehead atoms. The van der Waals surface area contributed by atoms with Crippen molar-refractivity contribution in [3.63, 3.8) is 0 Å². The van der Waals surface area contributed by atoms with E-state index in [1.54, 1.807) is 11.6 Å². The molecule has 1 saturated heterocycles. The zero-order valence-electron chi connectivity index (χ0n) is 14.3. The second-order valence-corrected chi connectivity index (χ2v) is 7.28. The first kappa shape index (κ1) is 17.6. The summed E-state index contributed by atoms with van der Waals surface area (Å²) in [6.45, 7) is 6.99. The number of nitrogens with one attached hydrogen (secondary N) is 1. The number of thiazole rings is 1. The standard InChI is InChI=1S/C15H22N6O3S/c1-11(2)16-12(22)10-18-4-3-5-19(7-6-18)13-14(21(23)24)20-8-9-25-15(20)17-13/h8-9,11H,3-7,10H2,1-2H3,(H,16,22). The summed E-state index contributed by atoms with van der Waals surface area (Å²) >= 11 is 1.38. The Morgan fingerprint density at radius 2 is 2.20 bits per heavy atom. The number of carbonyl (C=O) groups is 1. The van der Waals surface area contributed by atoms with Crippen LogP contribution in [0.1, 0.15) is 20.3 Å². The van der Waals surface area contributed by atoms with Crippen LogP contribution in [0.3, 0.4) is 0 Å². The molecule has 9 nitrogen and oxygen atoms in total. The second kappa shape index (κ2) is 7.36. The Labute approximate surface area is 149 Å². The summed E-state index contributed by atoms with van der Waals surface area (Å²) in [5, 5.41) is 16.2. The fraction of sp³-hybridized carbons (Fsp3) is 0.600. The molecule has 0 spiro atoms. The quantitative estimate of drug-likeness (QED) is 0.634. The van der Waals surface area contributed by atoms with E-state index in [1.165, 1.54) is 15.7 Å². The number of nitrogens with zero attached hydrogens (tertiary/aromatic N) is 5. The number of imidazole rings is 1. The Morgan fingerprint density at radius 3 is 2.92 bits per heavy atom. The van der Waals surface area contributed by atoms with Crippen LogP contribution in [0.4, 0.5) is 11.6 Å². The average molecular weight is 366 g/mol. The minimum absolute atomic E-state index is 0.0111. The van der Waals surface area contributed by atoms with Crippen LogP contribution in [0.25, 0.3) is 4.96 Å². The molecule has 1 aliphatic rings. The maximum absolute atomic E-state index is 11.9. The maximum Gasteiger partial charge on any atom is 0.373 e. The van der Waals surface area contributed by atoms with Gasteiger partial charge in [-0.1, -0.05) is 11.3 Å². The van der Waals surface area contributed by atoms with Gasteiger partial charge in [0.15, 0.2) is 0 Å². The Hall–Kier alpha value is -2.20. The van der Waals surface area contributed by atoms with Gasteiger partial charge in [0.2, 0.25) is 11.7 Å². The Kier molecular flexibility index (Phi) is 5.19. The third-order valence-corrected chi connectivity index (χ3v) is 4.85. The lowest BCUT2D eigenvalue weighted by molar-refractivity contribution is -0.389. The summed E-state index contributed by atoms with van der Waals surface area (Å²) in [6.07, 6.45) is 2.51. The third kappa shape index (κ3) is 3.90. The van der Waals surface area contributed by atoms with Gasteiger partial charge < -0.3 is 20.3 Å². The lowest BCUT2D eigenvalue weighted by atomic mass is 10.3. The zero-order chi connectivity index (χ0) is 18.0. The SMILES string of the molecule is CC(C)NC(=O)CN1CCCN(c2nc3sccn3c2[N+](=O)[O-])CC1. The van der Waals surface area contributed by atoms with Crippen LogP contribution in [0.5, 0.6) is 0 Å². The lowest BCUT2D eigenvalue weighted by Crippen LogP contribution is -2.41. The van der Waals surface area contributed by atoms with Gasteiger partial charge in [-0.2, -0.15) is 9.38 Å². The first-order valence-corrected chi connectivity index (χ1v) is 9.20. The van der Waals surface area contributed by atoms with Gasteiger partial charge in [0.05, 0.1) is 6.54 Å². The topological polar surface area (TPSA) is 96.0 Å². The van der Waals surface area contributed by atoms with Crippen molar-refractivity contribution in [2.75, 3.05) is 37.6 Å². The van der Waals surface area contributed by atoms with Gasteiger partial charge in [-0.15, -0.1) is 0 Å². The highest BCUT2D eigenvalue weighted by molar-refractivity contribution is 7.15. The number of nitro groups is 1. The molecular formula is C15H22N6O3S. The zero-order valence-corrected chi connectivity index (χ0v) is 15.2. The fourth-order valence-electron chi connectivity index (χ4n) is 3.06. The highest BCUT2D eigenvalue weighted by Crippen LogP contribution is 2.31. The van der Waals surface area contributed by atoms with Gasteiger partial charge in [0.25, 0.3) is 4.96 Å². The number of hydrogen-bond acceptors (Lipinski definition) is 7. The molecule has 0 aliphatic carbocycles. The number of anilines is 1. The van der Waals surface area contributed by atoms with E-state index in [9.17, 15) is 14.9 Å². The van der Waals surface area contributed by atoms with Gasteiger partial charge >= 0.3 is 5.82 Å². The molecule has 10 heteroatoms. The number of carbonyl (C=O) groups excluding carboxylic acids is 1. The highest BCUT2D eigenvalue weighted by atomic mass is 32.1. The van der Waals surface area contributed by atoms with Crippen molar-refractivity contribution in [2.24, 2.45) is 0 Å². The predicted molar refractivity (Wildman–Crippen MR) is 96.3 cm³/mol. The van der Waals surface area contributed by atoms with Crippen LogP contribution in [0.15, 0.2) is 11.6 Å². The summed E-state index contributed by atoms with van der Waals surface area (Å²) < 4.78 is 1.53. The van der Waals surface area contributed by atoms with E-state index < -0.39 is 0 Å². The van der Waals surface area contributed by atoms with Gasteiger partial charge in [-0.3, -0.25) is 9.69 Å². The van der Waals surface area contributed by atoms with E-state index in [-0.39, 0.29) is 22.7 Å². The molecule has 3 heterocycles. The van der Waals surface area contributed by atoms with Crippen LogP contribution in [-0.2, 0) is 4.79 Å². The Bertz CT molecular complexity index is 770. The van der Waals surface area contributed by atoms with Crippen molar-refractivity contribution < 1.29 is 9.72 Å². The third-order valence-electron chi connectivity index (χ3n) is 4.10. The van der Waals surface area contributed by atoms with Gasteiger partial charge in [0, 0.05) is 37.6 Å². The number of aromatic nitrogens is 2. The van der Waals surface area contributed by atoms with E-state index in [2.05, 4.69) is 15.2 Å². The first-order chi connectivity index (χ1) is 12.0. The number of rotatable bonds is 5. The van der Waals surface area contributed by atoms with Crippen LogP contribution >= 0.6 is 11.3 Å². The van der Waals surface area contributed by atoms with Crippen molar-refractivity contribution in [3.8, 4) is 0 Å². The van der Waals surface area contributed by atoms with Crippen molar-refractivity contribution in [1.82, 2.24) is 19.6 Å². The Morgan fingerprint density at radius 1 is 1.40 bits per heavy atom. The molecule has 1 fully saturated rings. The van der Waals surface area contributed by atoms with Gasteiger partial charge in [-0.25, -0.2) is 0 Å². The molecule has 1 N–H and O–H groups in total. The lowest BCUT2D eigenvalue weighted by Gasteiger charge is -2.21. The number of amides is 1. The number of hydrogen-bond donors (Lipinski definition) is 1. The van der Waals surface area contributed by atoms with Gasteiger partial charge in [-0.05, 0) is 25.2 Å². The Balaban J connectivity index is 1.71. The summed E-state index contributed by atoms with van der Waals surface area (Å²) in [4.78, 5) is 32.2. The van der Waals surface area contributed by atoms with Crippen molar-refractivity contribution in [1.29, 1.82) is 0 Å². The highest BCUT2D eigenvalue weighted by Gasteiger charge is 2.29. The molecule has 136 valence electrons. The normalized spacial score (nSPS) is 16.4. The first-order valence-electron chi connectivity index (χ1n) is 8.32. The van der Waals surface area contributed by atoms with E-state index in [0.29, 0.717) is 37.0 Å². The van der Waals surface area contributed by atoms with Crippen LogP contribution < -0.4 is 10.2 Å². The molecule has 0 aromatic carbocycles. The molecule has 1 aliphatic heterocycles. The van der Waals surface area contributed by atoms with Crippen molar-refractivity contribution in [2.45, 2.75) is 26.3 Å².